The van der Waals surface area contributed by atoms with Gasteiger partial charge in [-0.3, -0.25) is 0 Å². The molecule has 7 rings (SSSR count). The molecule has 1 spiro atoms. The molecule has 156 valence electrons. The first-order valence-electron chi connectivity index (χ1n) is 11.5. The number of nitrogens with zero attached hydrogens (tertiary/aromatic N) is 2. The van der Waals surface area contributed by atoms with E-state index in [0.717, 1.165) is 0 Å². The van der Waals surface area contributed by atoms with Crippen LogP contribution >= 0.6 is 0 Å². The molecule has 2 aliphatic heterocycles. The summed E-state index contributed by atoms with van der Waals surface area (Å²) in [6, 6.07) is 37.8. The minimum absolute atomic E-state index is 0.444. The van der Waals surface area contributed by atoms with Gasteiger partial charge in [0.05, 0.1) is 11.1 Å². The van der Waals surface area contributed by atoms with E-state index in [0.29, 0.717) is 0 Å². The maximum Gasteiger partial charge on any atom is 0.417 e. The molecule has 0 bridgehead atoms. The van der Waals surface area contributed by atoms with Gasteiger partial charge in [0.25, 0.3) is 0 Å². The summed E-state index contributed by atoms with van der Waals surface area (Å²) in [4.78, 5) is 0. The highest BCUT2D eigenvalue weighted by molar-refractivity contribution is 5.77. The Balaban J connectivity index is 1.67. The predicted octanol–water partition coefficient (Wildman–Crippen LogP) is 5.80. The topological polar surface area (TPSA) is 7.76 Å². The number of hydrogen-bond donors (Lipinski definition) is 0. The van der Waals surface area contributed by atoms with Crippen LogP contribution < -0.4 is 9.13 Å². The number of aromatic nitrogens is 2. The monoisotopic (exact) mass is 424 g/mol. The predicted molar refractivity (Wildman–Crippen MR) is 131 cm³/mol. The second kappa shape index (κ2) is 6.49. The van der Waals surface area contributed by atoms with Gasteiger partial charge < -0.3 is 0 Å². The average molecular weight is 425 g/mol. The lowest BCUT2D eigenvalue weighted by Crippen LogP contribution is -2.72. The van der Waals surface area contributed by atoms with Crippen molar-refractivity contribution >= 4 is 0 Å². The van der Waals surface area contributed by atoms with E-state index in [1.54, 1.807) is 0 Å². The Morgan fingerprint density at radius 3 is 2.24 bits per heavy atom. The van der Waals surface area contributed by atoms with Crippen LogP contribution in [0.4, 0.5) is 0 Å². The molecular weight excluding hydrogens is 400 g/mol. The van der Waals surface area contributed by atoms with Crippen LogP contribution in [0.2, 0.25) is 0 Å². The Kier molecular flexibility index (Phi) is 3.64. The molecule has 1 atom stereocenters. The molecule has 1 unspecified atom stereocenters. The van der Waals surface area contributed by atoms with E-state index in [2.05, 4.69) is 132 Å². The molecule has 0 saturated heterocycles. The largest absolute Gasteiger partial charge is 0.417 e. The fraction of sp³-hybridized carbons (Fsp3) is 0.0968. The summed E-state index contributed by atoms with van der Waals surface area (Å²) in [6.07, 6.45) is 2.28. The van der Waals surface area contributed by atoms with Crippen molar-refractivity contribution in [2.75, 3.05) is 0 Å². The number of hydrogen-bond acceptors (Lipinski definition) is 0. The Labute approximate surface area is 194 Å². The van der Waals surface area contributed by atoms with Crippen LogP contribution in [0.3, 0.4) is 0 Å². The third kappa shape index (κ3) is 2.28. The second-order valence-electron chi connectivity index (χ2n) is 9.19. The zero-order valence-corrected chi connectivity index (χ0v) is 18.8. The molecule has 0 radical (unpaired) electrons. The van der Waals surface area contributed by atoms with Crippen LogP contribution in [-0.2, 0) is 5.66 Å². The van der Waals surface area contributed by atoms with Gasteiger partial charge in [0, 0.05) is 31.2 Å². The highest BCUT2D eigenvalue weighted by Gasteiger charge is 2.67. The zero-order valence-electron chi connectivity index (χ0n) is 18.8. The van der Waals surface area contributed by atoms with Crippen molar-refractivity contribution in [3.05, 3.63) is 132 Å². The van der Waals surface area contributed by atoms with Gasteiger partial charge in [-0.15, -0.1) is 9.13 Å². The number of benzene rings is 3. The molecule has 2 nitrogen and oxygen atoms in total. The number of rotatable bonds is 1. The lowest BCUT2D eigenvalue weighted by atomic mass is 9.87. The molecule has 0 N–H and O–H groups in total. The first-order valence-corrected chi connectivity index (χ1v) is 11.5. The SMILES string of the molecule is Cc1cc[n+]2c(c1)-c1ccc(-c3ccccc3)cc1C21c2ccccc2-c2cccc(C)[n+]21. The number of pyridine rings is 2. The maximum atomic E-state index is 2.54. The van der Waals surface area contributed by atoms with Crippen molar-refractivity contribution in [3.8, 4) is 33.6 Å². The first kappa shape index (κ1) is 18.5. The van der Waals surface area contributed by atoms with E-state index in [9.17, 15) is 0 Å². The Morgan fingerprint density at radius 1 is 0.576 bits per heavy atom. The van der Waals surface area contributed by atoms with Gasteiger partial charge in [0.1, 0.15) is 11.1 Å². The summed E-state index contributed by atoms with van der Waals surface area (Å²) >= 11 is 0. The lowest BCUT2D eigenvalue weighted by Gasteiger charge is -2.19. The van der Waals surface area contributed by atoms with Crippen molar-refractivity contribution in [2.24, 2.45) is 0 Å². The third-order valence-corrected chi connectivity index (χ3v) is 7.32. The van der Waals surface area contributed by atoms with E-state index in [1.807, 2.05) is 0 Å². The van der Waals surface area contributed by atoms with Gasteiger partial charge in [0.15, 0.2) is 11.9 Å². The average Bonchev–Trinajstić information content (AvgIpc) is 3.31. The van der Waals surface area contributed by atoms with Crippen molar-refractivity contribution in [3.63, 3.8) is 0 Å². The molecule has 3 aromatic carbocycles. The number of fused-ring (bicyclic) bond motifs is 10. The standard InChI is InChI=1S/C31H24N2/c1-21-17-18-32-30(19-21)26-16-15-24(23-10-4-3-5-11-23)20-28(26)31(32)27-13-7-6-12-25(27)29-14-8-9-22(2)33(29)31/h3-20H,1-2H3/q+2. The molecule has 0 fully saturated rings. The van der Waals surface area contributed by atoms with E-state index in [-0.39, 0.29) is 0 Å². The van der Waals surface area contributed by atoms with Crippen LogP contribution in [0.25, 0.3) is 33.6 Å². The Hall–Kier alpha value is -4.04. The smallest absolute Gasteiger partial charge is 0.125 e. The third-order valence-electron chi connectivity index (χ3n) is 7.32. The van der Waals surface area contributed by atoms with Crippen LogP contribution in [0.1, 0.15) is 22.4 Å². The minimum atomic E-state index is -0.444. The highest BCUT2D eigenvalue weighted by Crippen LogP contribution is 2.48. The summed E-state index contributed by atoms with van der Waals surface area (Å²) in [6.45, 7) is 4.41. The van der Waals surface area contributed by atoms with Crippen molar-refractivity contribution in [2.45, 2.75) is 19.5 Å². The maximum absolute atomic E-state index is 2.54. The quantitative estimate of drug-likeness (QED) is 0.294. The molecule has 0 amide bonds. The summed E-state index contributed by atoms with van der Waals surface area (Å²) in [5.74, 6) is 0. The molecule has 2 aliphatic rings. The van der Waals surface area contributed by atoms with Gasteiger partial charge in [-0.2, -0.15) is 0 Å². The van der Waals surface area contributed by atoms with Crippen LogP contribution in [0.15, 0.2) is 109 Å². The molecule has 5 aromatic rings. The fourth-order valence-electron chi connectivity index (χ4n) is 5.98. The zero-order chi connectivity index (χ0) is 22.2. The molecule has 0 saturated carbocycles. The van der Waals surface area contributed by atoms with Crippen LogP contribution in [-0.4, -0.2) is 0 Å². The van der Waals surface area contributed by atoms with E-state index < -0.39 is 5.66 Å². The summed E-state index contributed by atoms with van der Waals surface area (Å²) < 4.78 is 5.03. The Morgan fingerprint density at radius 2 is 1.36 bits per heavy atom. The van der Waals surface area contributed by atoms with Gasteiger partial charge in [-0.1, -0.05) is 48.5 Å². The van der Waals surface area contributed by atoms with Gasteiger partial charge in [-0.25, -0.2) is 0 Å². The first-order chi connectivity index (χ1) is 16.2. The van der Waals surface area contributed by atoms with Gasteiger partial charge >= 0.3 is 5.66 Å². The van der Waals surface area contributed by atoms with Crippen molar-refractivity contribution in [1.29, 1.82) is 0 Å². The summed E-state index contributed by atoms with van der Waals surface area (Å²) in [5, 5.41) is 0. The normalized spacial score (nSPS) is 16.9. The summed E-state index contributed by atoms with van der Waals surface area (Å²) in [7, 11) is 0. The minimum Gasteiger partial charge on any atom is -0.125 e. The van der Waals surface area contributed by atoms with Gasteiger partial charge in [0.2, 0.25) is 11.4 Å². The molecule has 4 heterocycles. The molecule has 0 aliphatic carbocycles. The molecule has 2 aromatic heterocycles. The van der Waals surface area contributed by atoms with Crippen LogP contribution in [0.5, 0.6) is 0 Å². The van der Waals surface area contributed by atoms with Gasteiger partial charge in [-0.05, 0) is 53.9 Å². The van der Waals surface area contributed by atoms with Crippen LogP contribution in [0, 0.1) is 13.8 Å². The van der Waals surface area contributed by atoms with E-state index in [1.165, 1.54) is 56.0 Å². The lowest BCUT2D eigenvalue weighted by molar-refractivity contribution is -0.957. The number of aryl methyl sites for hydroxylation is 2. The van der Waals surface area contributed by atoms with E-state index >= 15 is 0 Å². The van der Waals surface area contributed by atoms with Crippen molar-refractivity contribution in [1.82, 2.24) is 0 Å². The highest BCUT2D eigenvalue weighted by atomic mass is 15.3. The van der Waals surface area contributed by atoms with E-state index in [4.69, 9.17) is 0 Å². The summed E-state index contributed by atoms with van der Waals surface area (Å²) in [5.41, 5.74) is 12.4. The second-order valence-corrected chi connectivity index (χ2v) is 9.19. The van der Waals surface area contributed by atoms with Crippen molar-refractivity contribution < 1.29 is 9.13 Å². The molecule has 33 heavy (non-hydrogen) atoms. The Bertz CT molecular complexity index is 1580. The fourth-order valence-corrected chi connectivity index (χ4v) is 5.98. The molecule has 2 heteroatoms. The molecular formula is C31H24N2+2.